The molecular formula is C29H28ClN5O2. The van der Waals surface area contributed by atoms with Gasteiger partial charge in [0.2, 0.25) is 5.91 Å². The highest BCUT2D eigenvalue weighted by atomic mass is 35.5. The average Bonchev–Trinajstić information content (AvgIpc) is 3.81. The van der Waals surface area contributed by atoms with Crippen molar-refractivity contribution in [1.29, 1.82) is 0 Å². The summed E-state index contributed by atoms with van der Waals surface area (Å²) in [5.41, 5.74) is 5.23. The van der Waals surface area contributed by atoms with Gasteiger partial charge < -0.3 is 19.7 Å². The third kappa shape index (κ3) is 4.47. The molecule has 3 aliphatic rings. The Kier molecular flexibility index (Phi) is 5.44. The van der Waals surface area contributed by atoms with E-state index in [9.17, 15) is 9.90 Å². The van der Waals surface area contributed by atoms with Gasteiger partial charge >= 0.3 is 0 Å². The van der Waals surface area contributed by atoms with Crippen LogP contribution >= 0.6 is 11.6 Å². The van der Waals surface area contributed by atoms with Crippen molar-refractivity contribution >= 4 is 34.7 Å². The molecule has 0 unspecified atom stereocenters. The predicted octanol–water partition coefficient (Wildman–Crippen LogP) is 5.31. The van der Waals surface area contributed by atoms with Crippen molar-refractivity contribution < 1.29 is 9.90 Å². The van der Waals surface area contributed by atoms with Crippen LogP contribution in [0.2, 0.25) is 5.02 Å². The molecule has 0 spiro atoms. The number of amides is 1. The second-order valence-electron chi connectivity index (χ2n) is 10.6. The summed E-state index contributed by atoms with van der Waals surface area (Å²) in [6.07, 6.45) is 9.47. The first-order valence-electron chi connectivity index (χ1n) is 13.0. The third-order valence-corrected chi connectivity index (χ3v) is 8.13. The van der Waals surface area contributed by atoms with Gasteiger partial charge in [-0.3, -0.25) is 4.79 Å². The molecule has 2 aliphatic carbocycles. The van der Waals surface area contributed by atoms with Crippen LogP contribution in [0.1, 0.15) is 60.4 Å². The second-order valence-corrected chi connectivity index (χ2v) is 11.1. The molecule has 8 heteroatoms. The normalized spacial score (nSPS) is 25.0. The zero-order valence-electron chi connectivity index (χ0n) is 20.3. The number of carbonyl (C=O) groups excluding carboxylic acids is 1. The summed E-state index contributed by atoms with van der Waals surface area (Å²) < 4.78 is 2.11. The minimum Gasteiger partial charge on any atom is -0.391 e. The van der Waals surface area contributed by atoms with E-state index in [1.165, 1.54) is 18.4 Å². The molecule has 2 N–H and O–H groups in total. The lowest BCUT2D eigenvalue weighted by atomic mass is 10.1. The first kappa shape index (κ1) is 22.8. The Morgan fingerprint density at radius 2 is 1.95 bits per heavy atom. The average molecular weight is 514 g/mol. The van der Waals surface area contributed by atoms with Gasteiger partial charge in [-0.05, 0) is 66.5 Å². The van der Waals surface area contributed by atoms with Crippen molar-refractivity contribution in [3.05, 3.63) is 89.0 Å². The Bertz CT molecular complexity index is 1500. The summed E-state index contributed by atoms with van der Waals surface area (Å²) in [4.78, 5) is 24.4. The molecule has 0 radical (unpaired) electrons. The van der Waals surface area contributed by atoms with Crippen molar-refractivity contribution in [3.63, 3.8) is 0 Å². The predicted molar refractivity (Wildman–Crippen MR) is 143 cm³/mol. The first-order valence-corrected chi connectivity index (χ1v) is 13.4. The van der Waals surface area contributed by atoms with E-state index in [-0.39, 0.29) is 23.8 Å². The number of nitrogens with one attached hydrogen (secondary N) is 1. The van der Waals surface area contributed by atoms with Crippen molar-refractivity contribution in [1.82, 2.24) is 14.4 Å². The van der Waals surface area contributed by atoms with Gasteiger partial charge in [-0.2, -0.15) is 0 Å². The van der Waals surface area contributed by atoms with Gasteiger partial charge in [-0.25, -0.2) is 9.97 Å². The number of aromatic nitrogens is 3. The second kappa shape index (κ2) is 8.85. The van der Waals surface area contributed by atoms with Crippen LogP contribution in [0.5, 0.6) is 0 Å². The topological polar surface area (TPSA) is 82.8 Å². The summed E-state index contributed by atoms with van der Waals surface area (Å²) in [5.74, 6) is 1.28. The van der Waals surface area contributed by atoms with Gasteiger partial charge in [-0.15, -0.1) is 0 Å². The number of carbonyl (C=O) groups is 1. The van der Waals surface area contributed by atoms with Crippen LogP contribution in [0, 0.1) is 5.92 Å². The van der Waals surface area contributed by atoms with Crippen molar-refractivity contribution in [2.75, 3.05) is 16.8 Å². The number of hydrogen-bond acceptors (Lipinski definition) is 5. The number of halogens is 1. The fourth-order valence-corrected chi connectivity index (χ4v) is 5.90. The maximum Gasteiger partial charge on any atom is 0.229 e. The Hall–Kier alpha value is -3.42. The number of aliphatic hydroxyl groups is 1. The quantitative estimate of drug-likeness (QED) is 0.365. The Labute approximate surface area is 220 Å². The minimum atomic E-state index is -0.451. The number of fused-ring (bicyclic) bond motifs is 1. The number of imidazole rings is 1. The standard InChI is InChI=1S/C29H28ClN5O2/c30-20-3-1-2-18(10-20)23-13-24(23)29(37)33-27-11-21(8-9-31-27)35-15-22(36)12-26(35)25-16-34-14-19(17-4-5-17)6-7-28(34)32-25/h1-3,6-11,14,16-17,22-24,26,36H,4-5,12-13,15H2,(H,31,33,37)/t22-,23+,24-,26+/m0/s1. The molecule has 4 atom stereocenters. The number of anilines is 2. The van der Waals surface area contributed by atoms with Crippen LogP contribution in [-0.4, -0.2) is 38.0 Å². The maximum atomic E-state index is 12.9. The smallest absolute Gasteiger partial charge is 0.229 e. The lowest BCUT2D eigenvalue weighted by molar-refractivity contribution is -0.117. The summed E-state index contributed by atoms with van der Waals surface area (Å²) >= 11 is 6.13. The number of aliphatic hydroxyl groups excluding tert-OH is 1. The highest BCUT2D eigenvalue weighted by Crippen LogP contribution is 2.48. The highest BCUT2D eigenvalue weighted by Gasteiger charge is 2.44. The van der Waals surface area contributed by atoms with Crippen molar-refractivity contribution in [2.45, 2.75) is 49.7 Å². The molecule has 3 aromatic heterocycles. The van der Waals surface area contributed by atoms with Gasteiger partial charge in [0.25, 0.3) is 0 Å². The van der Waals surface area contributed by atoms with Crippen LogP contribution in [0.4, 0.5) is 11.5 Å². The summed E-state index contributed by atoms with van der Waals surface area (Å²) in [6.45, 7) is 0.503. The molecule has 1 aliphatic heterocycles. The van der Waals surface area contributed by atoms with Crippen molar-refractivity contribution in [2.24, 2.45) is 5.92 Å². The summed E-state index contributed by atoms with van der Waals surface area (Å²) in [6, 6.07) is 15.7. The van der Waals surface area contributed by atoms with E-state index in [2.05, 4.69) is 44.1 Å². The Morgan fingerprint density at radius 1 is 1.05 bits per heavy atom. The molecule has 4 aromatic rings. The van der Waals surface area contributed by atoms with Crippen LogP contribution in [0.25, 0.3) is 5.65 Å². The van der Waals surface area contributed by atoms with Gasteiger partial charge in [0, 0.05) is 54.3 Å². The monoisotopic (exact) mass is 513 g/mol. The lowest BCUT2D eigenvalue weighted by Gasteiger charge is -2.25. The highest BCUT2D eigenvalue weighted by molar-refractivity contribution is 6.30. The molecular weight excluding hydrogens is 486 g/mol. The third-order valence-electron chi connectivity index (χ3n) is 7.89. The van der Waals surface area contributed by atoms with Crippen LogP contribution in [0.15, 0.2) is 67.1 Å². The molecule has 1 aromatic carbocycles. The van der Waals surface area contributed by atoms with Gasteiger partial charge in [0.05, 0.1) is 17.8 Å². The number of pyridine rings is 2. The van der Waals surface area contributed by atoms with E-state index >= 15 is 0 Å². The van der Waals surface area contributed by atoms with Crippen LogP contribution in [-0.2, 0) is 4.79 Å². The Morgan fingerprint density at radius 3 is 2.78 bits per heavy atom. The molecule has 188 valence electrons. The maximum absolute atomic E-state index is 12.9. The Balaban J connectivity index is 1.09. The fourth-order valence-electron chi connectivity index (χ4n) is 5.70. The van der Waals surface area contributed by atoms with Gasteiger partial charge in [-0.1, -0.05) is 29.8 Å². The molecule has 0 bridgehead atoms. The molecule has 1 saturated heterocycles. The molecule has 7 nitrogen and oxygen atoms in total. The number of nitrogens with zero attached hydrogens (tertiary/aromatic N) is 4. The largest absolute Gasteiger partial charge is 0.391 e. The number of benzene rings is 1. The van der Waals surface area contributed by atoms with E-state index in [0.717, 1.165) is 29.0 Å². The number of rotatable bonds is 6. The van der Waals surface area contributed by atoms with E-state index in [1.807, 2.05) is 36.4 Å². The molecule has 4 heterocycles. The summed E-state index contributed by atoms with van der Waals surface area (Å²) in [7, 11) is 0. The van der Waals surface area contributed by atoms with Crippen molar-refractivity contribution in [3.8, 4) is 0 Å². The summed E-state index contributed by atoms with van der Waals surface area (Å²) in [5, 5.41) is 14.3. The van der Waals surface area contributed by atoms with E-state index in [0.29, 0.717) is 29.7 Å². The van der Waals surface area contributed by atoms with E-state index < -0.39 is 6.10 Å². The number of hydrogen-bond donors (Lipinski definition) is 2. The van der Waals surface area contributed by atoms with E-state index in [4.69, 9.17) is 16.6 Å². The molecule has 3 fully saturated rings. The molecule has 2 saturated carbocycles. The van der Waals surface area contributed by atoms with Gasteiger partial charge in [0.15, 0.2) is 0 Å². The first-order chi connectivity index (χ1) is 18.0. The molecule has 7 rings (SSSR count). The SMILES string of the molecule is O=C(Nc1cc(N2C[C@@H](O)C[C@@H]2c2cn3cc(C4CC4)ccc3n2)ccn1)[C@H]1C[C@@H]1c1cccc(Cl)c1. The zero-order valence-corrected chi connectivity index (χ0v) is 21.1. The zero-order chi connectivity index (χ0) is 25.1. The van der Waals surface area contributed by atoms with Gasteiger partial charge in [0.1, 0.15) is 11.5 Å². The molecule has 1 amide bonds. The lowest BCUT2D eigenvalue weighted by Crippen LogP contribution is -2.25. The number of β-amino-alcohol motifs (C(OH)–C–C–N with tert-alkyl or cyclic N) is 1. The van der Waals surface area contributed by atoms with Crippen LogP contribution < -0.4 is 10.2 Å². The van der Waals surface area contributed by atoms with E-state index in [1.54, 1.807) is 6.20 Å². The minimum absolute atomic E-state index is 0.0283. The fraction of sp³-hybridized carbons (Fsp3) is 0.345. The van der Waals surface area contributed by atoms with Crippen LogP contribution in [0.3, 0.4) is 0 Å². The molecule has 37 heavy (non-hydrogen) atoms.